The minimum absolute atomic E-state index is 0.188. The Morgan fingerprint density at radius 1 is 0.846 bits per heavy atom. The molecule has 2 aromatic carbocycles. The number of aromatic nitrogens is 4. The van der Waals surface area contributed by atoms with Gasteiger partial charge in [0.2, 0.25) is 0 Å². The number of hydrogen-bond acceptors (Lipinski definition) is 3. The van der Waals surface area contributed by atoms with Gasteiger partial charge in [-0.3, -0.25) is 4.79 Å². The highest BCUT2D eigenvalue weighted by Crippen LogP contribution is 2.30. The van der Waals surface area contributed by atoms with E-state index < -0.39 is 0 Å². The first-order chi connectivity index (χ1) is 12.8. The smallest absolute Gasteiger partial charge is 0.261 e. The second-order valence-electron chi connectivity index (χ2n) is 6.04. The molecule has 5 nitrogen and oxygen atoms in total. The molecule has 0 aliphatic rings. The van der Waals surface area contributed by atoms with E-state index in [4.69, 9.17) is 5.10 Å². The number of aromatic amines is 1. The van der Waals surface area contributed by atoms with Crippen LogP contribution in [0.25, 0.3) is 38.9 Å². The molecule has 0 radical (unpaired) electrons. The lowest BCUT2D eigenvalue weighted by Gasteiger charge is -2.05. The molecule has 0 aliphatic carbocycles. The molecule has 0 unspecified atom stereocenters. The van der Waals surface area contributed by atoms with Gasteiger partial charge < -0.3 is 4.98 Å². The zero-order valence-electron chi connectivity index (χ0n) is 13.8. The van der Waals surface area contributed by atoms with Crippen molar-refractivity contribution in [3.05, 3.63) is 89.3 Å². The Morgan fingerprint density at radius 2 is 1.58 bits per heavy atom. The molecule has 0 bridgehead atoms. The maximum Gasteiger partial charge on any atom is 0.261 e. The molecule has 0 amide bonds. The largest absolute Gasteiger partial charge is 0.306 e. The van der Waals surface area contributed by atoms with Gasteiger partial charge in [-0.2, -0.15) is 5.10 Å². The summed E-state index contributed by atoms with van der Waals surface area (Å²) in [7, 11) is 0. The maximum absolute atomic E-state index is 12.9. The highest BCUT2D eigenvalue weighted by molar-refractivity contribution is 6.07. The molecule has 0 fully saturated rings. The third-order valence-corrected chi connectivity index (χ3v) is 4.46. The van der Waals surface area contributed by atoms with Gasteiger partial charge in [0.15, 0.2) is 0 Å². The van der Waals surface area contributed by atoms with Gasteiger partial charge in [0.1, 0.15) is 11.3 Å². The number of nitrogens with zero attached hydrogens (tertiary/aromatic N) is 3. The Kier molecular flexibility index (Phi) is 3.18. The number of fused-ring (bicyclic) bond motifs is 3. The lowest BCUT2D eigenvalue weighted by molar-refractivity contribution is 0.917. The van der Waals surface area contributed by atoms with Gasteiger partial charge in [-0.15, -0.1) is 0 Å². The molecule has 26 heavy (non-hydrogen) atoms. The van der Waals surface area contributed by atoms with E-state index in [-0.39, 0.29) is 5.56 Å². The lowest BCUT2D eigenvalue weighted by atomic mass is 10.1. The van der Waals surface area contributed by atoms with Crippen molar-refractivity contribution < 1.29 is 0 Å². The maximum atomic E-state index is 12.9. The highest BCUT2D eigenvalue weighted by Gasteiger charge is 2.19. The van der Waals surface area contributed by atoms with Crippen LogP contribution >= 0.6 is 0 Å². The summed E-state index contributed by atoms with van der Waals surface area (Å²) in [5.74, 6) is 0. The van der Waals surface area contributed by atoms with E-state index in [0.29, 0.717) is 16.7 Å². The summed E-state index contributed by atoms with van der Waals surface area (Å²) < 4.78 is 1.83. The monoisotopic (exact) mass is 338 g/mol. The number of H-pyrrole nitrogens is 1. The van der Waals surface area contributed by atoms with Gasteiger partial charge in [0, 0.05) is 17.1 Å². The number of pyridine rings is 2. The fourth-order valence-electron chi connectivity index (χ4n) is 3.30. The first kappa shape index (κ1) is 14.6. The first-order valence-electron chi connectivity index (χ1n) is 8.33. The van der Waals surface area contributed by atoms with Gasteiger partial charge in [0.05, 0.1) is 16.6 Å². The van der Waals surface area contributed by atoms with Crippen molar-refractivity contribution in [1.82, 2.24) is 19.7 Å². The Balaban J connectivity index is 2.00. The Labute approximate surface area is 148 Å². The molecular formula is C21H14N4O. The zero-order chi connectivity index (χ0) is 17.5. The summed E-state index contributed by atoms with van der Waals surface area (Å²) in [4.78, 5) is 20.1. The van der Waals surface area contributed by atoms with E-state index in [0.717, 1.165) is 22.2 Å². The van der Waals surface area contributed by atoms with E-state index in [2.05, 4.69) is 9.97 Å². The molecule has 3 aromatic heterocycles. The molecule has 5 rings (SSSR count). The van der Waals surface area contributed by atoms with Crippen molar-refractivity contribution >= 4 is 21.9 Å². The molecule has 0 spiro atoms. The van der Waals surface area contributed by atoms with Crippen molar-refractivity contribution in [1.29, 1.82) is 0 Å². The molecular weight excluding hydrogens is 324 g/mol. The summed E-state index contributed by atoms with van der Waals surface area (Å²) in [5.41, 5.74) is 3.60. The quantitative estimate of drug-likeness (QED) is 0.530. The Bertz CT molecular complexity index is 1290. The van der Waals surface area contributed by atoms with Crippen LogP contribution in [-0.2, 0) is 0 Å². The molecule has 5 aromatic rings. The average molecular weight is 338 g/mol. The average Bonchev–Trinajstić information content (AvgIpc) is 3.11. The third-order valence-electron chi connectivity index (χ3n) is 4.46. The normalized spacial score (nSPS) is 11.2. The summed E-state index contributed by atoms with van der Waals surface area (Å²) in [6.45, 7) is 0. The van der Waals surface area contributed by atoms with Gasteiger partial charge in [-0.1, -0.05) is 48.5 Å². The number of para-hydroxylation sites is 1. The van der Waals surface area contributed by atoms with Crippen molar-refractivity contribution in [2.24, 2.45) is 0 Å². The van der Waals surface area contributed by atoms with Crippen LogP contribution in [0.1, 0.15) is 0 Å². The van der Waals surface area contributed by atoms with Crippen LogP contribution in [0.4, 0.5) is 0 Å². The SMILES string of the molecule is O=c1[nH]c2ncccc2c2c1c(-c1ccccc1)nn2-c1ccccc1. The van der Waals surface area contributed by atoms with Gasteiger partial charge in [-0.05, 0) is 24.3 Å². The second kappa shape index (κ2) is 5.67. The van der Waals surface area contributed by atoms with E-state index in [1.165, 1.54) is 0 Å². The molecule has 1 N–H and O–H groups in total. The van der Waals surface area contributed by atoms with Crippen LogP contribution in [0.15, 0.2) is 83.8 Å². The highest BCUT2D eigenvalue weighted by atomic mass is 16.1. The summed E-state index contributed by atoms with van der Waals surface area (Å²) in [6, 6.07) is 23.4. The minimum Gasteiger partial charge on any atom is -0.306 e. The van der Waals surface area contributed by atoms with Crippen LogP contribution < -0.4 is 5.56 Å². The predicted molar refractivity (Wildman–Crippen MR) is 102 cm³/mol. The van der Waals surface area contributed by atoms with Crippen molar-refractivity contribution in [2.75, 3.05) is 0 Å². The number of benzene rings is 2. The number of rotatable bonds is 2. The fourth-order valence-corrected chi connectivity index (χ4v) is 3.30. The second-order valence-corrected chi connectivity index (χ2v) is 6.04. The van der Waals surface area contributed by atoms with Gasteiger partial charge in [-0.25, -0.2) is 9.67 Å². The van der Waals surface area contributed by atoms with Crippen LogP contribution in [0.5, 0.6) is 0 Å². The lowest BCUT2D eigenvalue weighted by Crippen LogP contribution is -2.08. The minimum atomic E-state index is -0.188. The number of hydrogen-bond donors (Lipinski definition) is 1. The van der Waals surface area contributed by atoms with Crippen molar-refractivity contribution in [2.45, 2.75) is 0 Å². The molecule has 0 saturated heterocycles. The fraction of sp³-hybridized carbons (Fsp3) is 0. The van der Waals surface area contributed by atoms with Crippen molar-refractivity contribution in [3.8, 4) is 16.9 Å². The topological polar surface area (TPSA) is 63.6 Å². The predicted octanol–water partition coefficient (Wildman–Crippen LogP) is 3.93. The Hall–Kier alpha value is -3.73. The molecule has 5 heteroatoms. The molecule has 0 saturated carbocycles. The van der Waals surface area contributed by atoms with E-state index in [1.54, 1.807) is 6.20 Å². The first-order valence-corrected chi connectivity index (χ1v) is 8.33. The zero-order valence-corrected chi connectivity index (χ0v) is 13.8. The van der Waals surface area contributed by atoms with Crippen molar-refractivity contribution in [3.63, 3.8) is 0 Å². The van der Waals surface area contributed by atoms with Gasteiger partial charge >= 0.3 is 0 Å². The standard InChI is InChI=1S/C21H14N4O/c26-21-17-18(14-8-3-1-4-9-14)24-25(15-10-5-2-6-11-15)19(17)16-12-7-13-22-20(16)23-21/h1-13H,(H,22,23,26). The number of nitrogens with one attached hydrogen (secondary N) is 1. The molecule has 124 valence electrons. The van der Waals surface area contributed by atoms with Crippen LogP contribution in [0.2, 0.25) is 0 Å². The van der Waals surface area contributed by atoms with E-state index >= 15 is 0 Å². The van der Waals surface area contributed by atoms with Crippen LogP contribution in [0.3, 0.4) is 0 Å². The van der Waals surface area contributed by atoms with Crippen LogP contribution in [-0.4, -0.2) is 19.7 Å². The van der Waals surface area contributed by atoms with E-state index in [1.807, 2.05) is 77.5 Å². The summed E-state index contributed by atoms with van der Waals surface area (Å²) in [6.07, 6.45) is 1.67. The molecule has 0 atom stereocenters. The molecule has 0 aliphatic heterocycles. The van der Waals surface area contributed by atoms with Crippen LogP contribution in [0, 0.1) is 0 Å². The third kappa shape index (κ3) is 2.14. The summed E-state index contributed by atoms with van der Waals surface area (Å²) >= 11 is 0. The molecule has 3 heterocycles. The Morgan fingerprint density at radius 3 is 2.35 bits per heavy atom. The van der Waals surface area contributed by atoms with Gasteiger partial charge in [0.25, 0.3) is 5.56 Å². The van der Waals surface area contributed by atoms with E-state index in [9.17, 15) is 4.79 Å². The summed E-state index contributed by atoms with van der Waals surface area (Å²) in [5, 5.41) is 6.24.